The monoisotopic (exact) mass is 390 g/mol. The molecule has 22 heavy (non-hydrogen) atoms. The van der Waals surface area contributed by atoms with Crippen molar-refractivity contribution in [1.82, 2.24) is 10.2 Å². The number of hydrogen-bond acceptors (Lipinski definition) is 3. The summed E-state index contributed by atoms with van der Waals surface area (Å²) in [7, 11) is 1.65. The second-order valence-electron chi connectivity index (χ2n) is 5.54. The number of aryl methyl sites for hydroxylation is 1. The summed E-state index contributed by atoms with van der Waals surface area (Å²) in [6.07, 6.45) is 1.31. The zero-order valence-electron chi connectivity index (χ0n) is 13.3. The number of rotatable bonds is 4. The van der Waals surface area contributed by atoms with E-state index >= 15 is 0 Å². The van der Waals surface area contributed by atoms with E-state index in [9.17, 15) is 4.79 Å². The van der Waals surface area contributed by atoms with Crippen LogP contribution in [-0.4, -0.2) is 43.1 Å². The standard InChI is InChI=1S/C16H23BrN2O2.ClH/c1-11-12(2)19(9-8-18-11)16(20)7-5-13-4-6-15(21-3)14(17)10-13;/h4,6,10-12,18H,5,7-9H2,1-3H3;1H. The van der Waals surface area contributed by atoms with E-state index in [1.165, 1.54) is 0 Å². The molecule has 6 heteroatoms. The predicted octanol–water partition coefficient (Wildman–Crippen LogP) is 3.02. The van der Waals surface area contributed by atoms with Crippen molar-refractivity contribution in [2.75, 3.05) is 20.2 Å². The summed E-state index contributed by atoms with van der Waals surface area (Å²) >= 11 is 3.48. The summed E-state index contributed by atoms with van der Waals surface area (Å²) in [4.78, 5) is 14.4. The highest BCUT2D eigenvalue weighted by Gasteiger charge is 2.27. The van der Waals surface area contributed by atoms with Gasteiger partial charge in [0.2, 0.25) is 5.91 Å². The van der Waals surface area contributed by atoms with Gasteiger partial charge in [-0.1, -0.05) is 6.07 Å². The number of amides is 1. The molecule has 1 aliphatic heterocycles. The Labute approximate surface area is 147 Å². The molecule has 0 saturated carbocycles. The SMILES string of the molecule is COc1ccc(CCC(=O)N2CCNC(C)C2C)cc1Br.Cl. The smallest absolute Gasteiger partial charge is 0.223 e. The highest BCUT2D eigenvalue weighted by atomic mass is 79.9. The van der Waals surface area contributed by atoms with Crippen LogP contribution in [0.5, 0.6) is 5.75 Å². The van der Waals surface area contributed by atoms with Crippen molar-refractivity contribution in [3.63, 3.8) is 0 Å². The summed E-state index contributed by atoms with van der Waals surface area (Å²) in [5.41, 5.74) is 1.15. The number of ether oxygens (including phenoxy) is 1. The Bertz CT molecular complexity index is 513. The number of benzene rings is 1. The van der Waals surface area contributed by atoms with Gasteiger partial charge in [-0.05, 0) is 53.9 Å². The van der Waals surface area contributed by atoms with Gasteiger partial charge in [0, 0.05) is 31.6 Å². The fourth-order valence-electron chi connectivity index (χ4n) is 2.67. The first-order valence-electron chi connectivity index (χ1n) is 7.38. The van der Waals surface area contributed by atoms with Gasteiger partial charge in [0.05, 0.1) is 11.6 Å². The molecule has 0 bridgehead atoms. The Morgan fingerprint density at radius 2 is 2.18 bits per heavy atom. The number of methoxy groups -OCH3 is 1. The zero-order chi connectivity index (χ0) is 15.4. The van der Waals surface area contributed by atoms with Crippen molar-refractivity contribution >= 4 is 34.2 Å². The summed E-state index contributed by atoms with van der Waals surface area (Å²) in [6.45, 7) is 5.92. The molecule has 4 nitrogen and oxygen atoms in total. The lowest BCUT2D eigenvalue weighted by Crippen LogP contribution is -2.57. The van der Waals surface area contributed by atoms with Crippen LogP contribution in [0.2, 0.25) is 0 Å². The van der Waals surface area contributed by atoms with Crippen molar-refractivity contribution in [2.45, 2.75) is 38.8 Å². The maximum absolute atomic E-state index is 12.4. The number of hydrogen-bond donors (Lipinski definition) is 1. The minimum Gasteiger partial charge on any atom is -0.496 e. The molecule has 2 atom stereocenters. The number of piperazine rings is 1. The molecule has 1 amide bonds. The van der Waals surface area contributed by atoms with Gasteiger partial charge >= 0.3 is 0 Å². The van der Waals surface area contributed by atoms with Crippen LogP contribution < -0.4 is 10.1 Å². The van der Waals surface area contributed by atoms with Crippen LogP contribution in [0, 0.1) is 0 Å². The maximum Gasteiger partial charge on any atom is 0.223 e. The van der Waals surface area contributed by atoms with E-state index in [1.54, 1.807) is 7.11 Å². The van der Waals surface area contributed by atoms with Crippen molar-refractivity contribution in [2.24, 2.45) is 0 Å². The average Bonchev–Trinajstić information content (AvgIpc) is 2.47. The topological polar surface area (TPSA) is 41.6 Å². The van der Waals surface area contributed by atoms with Crippen molar-refractivity contribution < 1.29 is 9.53 Å². The molecular formula is C16H24BrClN2O2. The van der Waals surface area contributed by atoms with E-state index in [0.717, 1.165) is 35.3 Å². The Morgan fingerprint density at radius 1 is 1.45 bits per heavy atom. The van der Waals surface area contributed by atoms with E-state index in [4.69, 9.17) is 4.74 Å². The molecule has 124 valence electrons. The Kier molecular flexibility index (Phi) is 7.66. The molecule has 0 aliphatic carbocycles. The summed E-state index contributed by atoms with van der Waals surface area (Å²) in [5.74, 6) is 1.05. The van der Waals surface area contributed by atoms with Crippen molar-refractivity contribution in [3.8, 4) is 5.75 Å². The first-order chi connectivity index (χ1) is 10.0. The maximum atomic E-state index is 12.4. The Morgan fingerprint density at radius 3 is 2.82 bits per heavy atom. The van der Waals surface area contributed by atoms with Gasteiger partial charge in [-0.15, -0.1) is 12.4 Å². The third-order valence-electron chi connectivity index (χ3n) is 4.20. The zero-order valence-corrected chi connectivity index (χ0v) is 15.7. The van der Waals surface area contributed by atoms with E-state index in [2.05, 4.69) is 35.1 Å². The highest BCUT2D eigenvalue weighted by Crippen LogP contribution is 2.26. The molecule has 0 radical (unpaired) electrons. The summed E-state index contributed by atoms with van der Waals surface area (Å²) < 4.78 is 6.15. The number of nitrogens with one attached hydrogen (secondary N) is 1. The highest BCUT2D eigenvalue weighted by molar-refractivity contribution is 9.10. The van der Waals surface area contributed by atoms with E-state index in [-0.39, 0.29) is 24.4 Å². The van der Waals surface area contributed by atoms with Crippen molar-refractivity contribution in [1.29, 1.82) is 0 Å². The molecule has 0 aromatic heterocycles. The van der Waals surface area contributed by atoms with Crippen LogP contribution in [0.3, 0.4) is 0 Å². The largest absolute Gasteiger partial charge is 0.496 e. The molecule has 2 unspecified atom stereocenters. The molecule has 2 rings (SSSR count). The number of halogens is 2. The predicted molar refractivity (Wildman–Crippen MR) is 94.9 cm³/mol. The van der Waals surface area contributed by atoms with Gasteiger partial charge in [0.1, 0.15) is 5.75 Å². The van der Waals surface area contributed by atoms with Gasteiger partial charge in [0.15, 0.2) is 0 Å². The molecule has 1 aromatic carbocycles. The average molecular weight is 392 g/mol. The van der Waals surface area contributed by atoms with Crippen LogP contribution in [0.25, 0.3) is 0 Å². The molecule has 1 aliphatic rings. The normalized spacial score (nSPS) is 21.2. The van der Waals surface area contributed by atoms with Gasteiger partial charge in [0.25, 0.3) is 0 Å². The lowest BCUT2D eigenvalue weighted by molar-refractivity contribution is -0.134. The second kappa shape index (κ2) is 8.75. The Balaban J connectivity index is 0.00000242. The van der Waals surface area contributed by atoms with E-state index in [1.807, 2.05) is 23.1 Å². The first kappa shape index (κ1) is 19.3. The van der Waals surface area contributed by atoms with Gasteiger partial charge in [-0.25, -0.2) is 0 Å². The summed E-state index contributed by atoms with van der Waals surface area (Å²) in [5, 5.41) is 3.40. The van der Waals surface area contributed by atoms with E-state index < -0.39 is 0 Å². The minimum absolute atomic E-state index is 0. The molecule has 0 spiro atoms. The molecule has 1 aromatic rings. The summed E-state index contributed by atoms with van der Waals surface area (Å²) in [6, 6.07) is 6.59. The Hall–Kier alpha value is -0.780. The number of carbonyl (C=O) groups is 1. The van der Waals surface area contributed by atoms with Crippen LogP contribution in [0.15, 0.2) is 22.7 Å². The van der Waals surface area contributed by atoms with Gasteiger partial charge in [-0.3, -0.25) is 4.79 Å². The van der Waals surface area contributed by atoms with Gasteiger partial charge < -0.3 is 15.0 Å². The van der Waals surface area contributed by atoms with Crippen LogP contribution >= 0.6 is 28.3 Å². The van der Waals surface area contributed by atoms with Crippen molar-refractivity contribution in [3.05, 3.63) is 28.2 Å². The molecular weight excluding hydrogens is 368 g/mol. The third kappa shape index (κ3) is 4.61. The first-order valence-corrected chi connectivity index (χ1v) is 8.17. The fraction of sp³-hybridized carbons (Fsp3) is 0.562. The second-order valence-corrected chi connectivity index (χ2v) is 6.39. The van der Waals surface area contributed by atoms with E-state index in [0.29, 0.717) is 12.5 Å². The number of carbonyl (C=O) groups excluding carboxylic acids is 1. The van der Waals surface area contributed by atoms with Crippen LogP contribution in [-0.2, 0) is 11.2 Å². The van der Waals surface area contributed by atoms with Gasteiger partial charge in [-0.2, -0.15) is 0 Å². The van der Waals surface area contributed by atoms with Crippen LogP contribution in [0.4, 0.5) is 0 Å². The molecule has 1 saturated heterocycles. The molecule has 1 heterocycles. The minimum atomic E-state index is 0. The quantitative estimate of drug-likeness (QED) is 0.858. The molecule has 1 N–H and O–H groups in total. The fourth-order valence-corrected chi connectivity index (χ4v) is 3.26. The third-order valence-corrected chi connectivity index (χ3v) is 4.82. The van der Waals surface area contributed by atoms with Crippen LogP contribution in [0.1, 0.15) is 25.8 Å². The molecule has 1 fully saturated rings. The lowest BCUT2D eigenvalue weighted by Gasteiger charge is -2.38. The number of nitrogens with zero attached hydrogens (tertiary/aromatic N) is 1. The lowest BCUT2D eigenvalue weighted by atomic mass is 10.0.